The fourth-order valence-corrected chi connectivity index (χ4v) is 2.47. The zero-order chi connectivity index (χ0) is 10.4. The van der Waals surface area contributed by atoms with Crippen LogP contribution in [0.25, 0.3) is 0 Å². The molecule has 1 aliphatic rings. The standard InChI is InChI=1S/C11H23NO2/c1-13-8-10(12)11(14-2)9-6-4-3-5-7-9/h9-11H,3-8,12H2,1-2H3. The van der Waals surface area contributed by atoms with Gasteiger partial charge in [-0.3, -0.25) is 0 Å². The van der Waals surface area contributed by atoms with Crippen LogP contribution in [0, 0.1) is 5.92 Å². The first-order valence-corrected chi connectivity index (χ1v) is 5.57. The average Bonchev–Trinajstić information content (AvgIpc) is 2.21. The van der Waals surface area contributed by atoms with E-state index in [0.717, 1.165) is 0 Å². The second kappa shape index (κ2) is 6.38. The van der Waals surface area contributed by atoms with Crippen LogP contribution in [0.2, 0.25) is 0 Å². The van der Waals surface area contributed by atoms with E-state index in [1.54, 1.807) is 14.2 Å². The molecule has 1 rings (SSSR count). The Morgan fingerprint density at radius 3 is 2.36 bits per heavy atom. The van der Waals surface area contributed by atoms with Gasteiger partial charge in [0.05, 0.1) is 18.8 Å². The van der Waals surface area contributed by atoms with Crippen molar-refractivity contribution in [1.29, 1.82) is 0 Å². The summed E-state index contributed by atoms with van der Waals surface area (Å²) in [4.78, 5) is 0. The number of ether oxygens (including phenoxy) is 2. The monoisotopic (exact) mass is 201 g/mol. The van der Waals surface area contributed by atoms with Crippen molar-refractivity contribution in [3.8, 4) is 0 Å². The van der Waals surface area contributed by atoms with Crippen molar-refractivity contribution in [2.45, 2.75) is 44.2 Å². The topological polar surface area (TPSA) is 44.5 Å². The van der Waals surface area contributed by atoms with Gasteiger partial charge in [-0.05, 0) is 18.8 Å². The van der Waals surface area contributed by atoms with Crippen LogP contribution < -0.4 is 5.73 Å². The van der Waals surface area contributed by atoms with E-state index in [-0.39, 0.29) is 12.1 Å². The van der Waals surface area contributed by atoms with Crippen LogP contribution in [0.1, 0.15) is 32.1 Å². The lowest BCUT2D eigenvalue weighted by Gasteiger charge is -2.32. The third-order valence-corrected chi connectivity index (χ3v) is 3.17. The van der Waals surface area contributed by atoms with Crippen LogP contribution in [0.15, 0.2) is 0 Å². The van der Waals surface area contributed by atoms with Crippen LogP contribution in [0.3, 0.4) is 0 Å². The van der Waals surface area contributed by atoms with Crippen LogP contribution in [-0.4, -0.2) is 33.0 Å². The predicted molar refractivity (Wildman–Crippen MR) is 57.2 cm³/mol. The molecule has 3 heteroatoms. The molecule has 0 amide bonds. The molecule has 2 N–H and O–H groups in total. The van der Waals surface area contributed by atoms with E-state index in [9.17, 15) is 0 Å². The molecule has 0 aromatic heterocycles. The lowest BCUT2D eigenvalue weighted by Crippen LogP contribution is -2.44. The Bertz CT molecular complexity index is 146. The Balaban J connectivity index is 2.41. The lowest BCUT2D eigenvalue weighted by molar-refractivity contribution is -0.00211. The van der Waals surface area contributed by atoms with Crippen molar-refractivity contribution >= 4 is 0 Å². The lowest BCUT2D eigenvalue weighted by atomic mass is 9.83. The molecule has 2 unspecified atom stereocenters. The zero-order valence-electron chi connectivity index (χ0n) is 9.37. The third-order valence-electron chi connectivity index (χ3n) is 3.17. The maximum Gasteiger partial charge on any atom is 0.0772 e. The Morgan fingerprint density at radius 1 is 1.21 bits per heavy atom. The number of hydrogen-bond donors (Lipinski definition) is 1. The number of rotatable bonds is 5. The van der Waals surface area contributed by atoms with Crippen molar-refractivity contribution in [2.75, 3.05) is 20.8 Å². The Morgan fingerprint density at radius 2 is 1.86 bits per heavy atom. The molecule has 0 bridgehead atoms. The number of methoxy groups -OCH3 is 2. The summed E-state index contributed by atoms with van der Waals surface area (Å²) < 4.78 is 10.6. The zero-order valence-corrected chi connectivity index (χ0v) is 9.37. The maximum atomic E-state index is 6.02. The van der Waals surface area contributed by atoms with Gasteiger partial charge < -0.3 is 15.2 Å². The summed E-state index contributed by atoms with van der Waals surface area (Å²) in [6.45, 7) is 0.592. The maximum absolute atomic E-state index is 6.02. The van der Waals surface area contributed by atoms with Gasteiger partial charge in [-0.2, -0.15) is 0 Å². The smallest absolute Gasteiger partial charge is 0.0772 e. The summed E-state index contributed by atoms with van der Waals surface area (Å²) in [5, 5.41) is 0. The molecule has 0 aromatic rings. The van der Waals surface area contributed by atoms with Gasteiger partial charge in [-0.25, -0.2) is 0 Å². The molecule has 0 heterocycles. The third kappa shape index (κ3) is 3.23. The van der Waals surface area contributed by atoms with E-state index in [4.69, 9.17) is 15.2 Å². The summed E-state index contributed by atoms with van der Waals surface area (Å²) in [5.41, 5.74) is 6.02. The molecular weight excluding hydrogens is 178 g/mol. The van der Waals surface area contributed by atoms with Gasteiger partial charge in [0.25, 0.3) is 0 Å². The number of nitrogens with two attached hydrogens (primary N) is 1. The van der Waals surface area contributed by atoms with Gasteiger partial charge in [0.1, 0.15) is 0 Å². The Kier molecular flexibility index (Phi) is 5.45. The van der Waals surface area contributed by atoms with Crippen LogP contribution in [0.5, 0.6) is 0 Å². The second-order valence-corrected chi connectivity index (χ2v) is 4.22. The molecular formula is C11H23NO2. The molecule has 3 nitrogen and oxygen atoms in total. The van der Waals surface area contributed by atoms with Crippen molar-refractivity contribution in [1.82, 2.24) is 0 Å². The van der Waals surface area contributed by atoms with Gasteiger partial charge in [-0.1, -0.05) is 19.3 Å². The highest BCUT2D eigenvalue weighted by Gasteiger charge is 2.28. The van der Waals surface area contributed by atoms with Gasteiger partial charge >= 0.3 is 0 Å². The van der Waals surface area contributed by atoms with Crippen molar-refractivity contribution < 1.29 is 9.47 Å². The Hall–Kier alpha value is -0.120. The first-order valence-electron chi connectivity index (χ1n) is 5.57. The quantitative estimate of drug-likeness (QED) is 0.734. The van der Waals surface area contributed by atoms with Gasteiger partial charge in [0.2, 0.25) is 0 Å². The van der Waals surface area contributed by atoms with Crippen LogP contribution in [0.4, 0.5) is 0 Å². The fourth-order valence-electron chi connectivity index (χ4n) is 2.47. The highest BCUT2D eigenvalue weighted by Crippen LogP contribution is 2.28. The van der Waals surface area contributed by atoms with E-state index in [1.807, 2.05) is 0 Å². The average molecular weight is 201 g/mol. The molecule has 0 spiro atoms. The van der Waals surface area contributed by atoms with Crippen molar-refractivity contribution in [3.05, 3.63) is 0 Å². The van der Waals surface area contributed by atoms with E-state index in [2.05, 4.69) is 0 Å². The highest BCUT2D eigenvalue weighted by atomic mass is 16.5. The molecule has 2 atom stereocenters. The Labute approximate surface area is 86.9 Å². The minimum atomic E-state index is 0.0214. The summed E-state index contributed by atoms with van der Waals surface area (Å²) in [5.74, 6) is 0.638. The molecule has 1 saturated carbocycles. The summed E-state index contributed by atoms with van der Waals surface area (Å²) in [7, 11) is 3.45. The van der Waals surface area contributed by atoms with Gasteiger partial charge in [0, 0.05) is 14.2 Å². The molecule has 0 aromatic carbocycles. The fraction of sp³-hybridized carbons (Fsp3) is 1.00. The SMILES string of the molecule is COCC(N)C(OC)C1CCCCC1. The molecule has 1 aliphatic carbocycles. The molecule has 0 aliphatic heterocycles. The van der Waals surface area contributed by atoms with E-state index in [0.29, 0.717) is 12.5 Å². The van der Waals surface area contributed by atoms with Crippen molar-refractivity contribution in [2.24, 2.45) is 11.7 Å². The minimum absolute atomic E-state index is 0.0214. The highest BCUT2D eigenvalue weighted by molar-refractivity contribution is 4.82. The van der Waals surface area contributed by atoms with E-state index < -0.39 is 0 Å². The van der Waals surface area contributed by atoms with Gasteiger partial charge in [-0.15, -0.1) is 0 Å². The van der Waals surface area contributed by atoms with Gasteiger partial charge in [0.15, 0.2) is 0 Å². The van der Waals surface area contributed by atoms with Crippen LogP contribution >= 0.6 is 0 Å². The first kappa shape index (κ1) is 12.0. The van der Waals surface area contributed by atoms with E-state index in [1.165, 1.54) is 32.1 Å². The van der Waals surface area contributed by atoms with E-state index >= 15 is 0 Å². The summed E-state index contributed by atoms with van der Waals surface area (Å²) >= 11 is 0. The largest absolute Gasteiger partial charge is 0.383 e. The molecule has 14 heavy (non-hydrogen) atoms. The molecule has 0 radical (unpaired) electrons. The normalized spacial score (nSPS) is 23.4. The minimum Gasteiger partial charge on any atom is -0.383 e. The molecule has 1 fully saturated rings. The second-order valence-electron chi connectivity index (χ2n) is 4.22. The van der Waals surface area contributed by atoms with Crippen LogP contribution in [-0.2, 0) is 9.47 Å². The molecule has 84 valence electrons. The number of hydrogen-bond acceptors (Lipinski definition) is 3. The van der Waals surface area contributed by atoms with Crippen molar-refractivity contribution in [3.63, 3.8) is 0 Å². The predicted octanol–water partition coefficient (Wildman–Crippen LogP) is 1.56. The summed E-state index contributed by atoms with van der Waals surface area (Å²) in [6, 6.07) is 0.0214. The summed E-state index contributed by atoms with van der Waals surface area (Å²) in [6.07, 6.45) is 6.71. The first-order chi connectivity index (χ1) is 6.79. The molecule has 0 saturated heterocycles.